The van der Waals surface area contributed by atoms with Gasteiger partial charge in [-0.25, -0.2) is 4.79 Å². The molecule has 0 aromatic heterocycles. The Morgan fingerprint density at radius 1 is 1.16 bits per heavy atom. The Kier molecular flexibility index (Phi) is 8.04. The number of rotatable bonds is 6. The van der Waals surface area contributed by atoms with Gasteiger partial charge < -0.3 is 24.8 Å². The highest BCUT2D eigenvalue weighted by Gasteiger charge is 2.55. The van der Waals surface area contributed by atoms with Crippen LogP contribution < -0.4 is 15.2 Å². The second-order valence-electron chi connectivity index (χ2n) is 10.0. The molecule has 37 heavy (non-hydrogen) atoms. The molecule has 0 unspecified atom stereocenters. The monoisotopic (exact) mass is 503 g/mol. The Morgan fingerprint density at radius 2 is 1.86 bits per heavy atom. The first-order valence-electron chi connectivity index (χ1n) is 12.4. The zero-order valence-electron chi connectivity index (χ0n) is 22.0. The van der Waals surface area contributed by atoms with Gasteiger partial charge in [-0.1, -0.05) is 19.1 Å². The summed E-state index contributed by atoms with van der Waals surface area (Å²) in [4.78, 5) is 14.5. The quantitative estimate of drug-likeness (QED) is 0.596. The number of allylic oxidation sites excluding steroid dienone is 2. The van der Waals surface area contributed by atoms with Gasteiger partial charge >= 0.3 is 6.09 Å². The minimum absolute atomic E-state index is 0.0810. The van der Waals surface area contributed by atoms with Crippen molar-refractivity contribution in [2.75, 3.05) is 26.3 Å². The van der Waals surface area contributed by atoms with Crippen molar-refractivity contribution in [3.63, 3.8) is 0 Å². The van der Waals surface area contributed by atoms with Gasteiger partial charge in [-0.05, 0) is 57.4 Å². The summed E-state index contributed by atoms with van der Waals surface area (Å²) in [7, 11) is 0. The van der Waals surface area contributed by atoms with Gasteiger partial charge in [-0.2, -0.15) is 15.8 Å². The van der Waals surface area contributed by atoms with Crippen molar-refractivity contribution in [2.24, 2.45) is 17.1 Å². The lowest BCUT2D eigenvalue weighted by Crippen LogP contribution is -2.50. The number of fused-ring (bicyclic) bond motifs is 1. The number of nitrogens with zero attached hydrogens (tertiary/aromatic N) is 4. The average Bonchev–Trinajstić information content (AvgIpc) is 2.86. The van der Waals surface area contributed by atoms with Crippen LogP contribution in [0.3, 0.4) is 0 Å². The molecule has 0 saturated heterocycles. The molecule has 9 nitrogen and oxygen atoms in total. The molecule has 0 saturated carbocycles. The summed E-state index contributed by atoms with van der Waals surface area (Å²) < 4.78 is 17.2. The Hall–Kier alpha value is -4.16. The summed E-state index contributed by atoms with van der Waals surface area (Å²) in [6.45, 7) is 10.5. The molecule has 2 atom stereocenters. The summed E-state index contributed by atoms with van der Waals surface area (Å²) in [5, 5.41) is 30.6. The molecule has 2 N–H and O–H groups in total. The predicted octanol–water partition coefficient (Wildman–Crippen LogP) is 4.53. The molecule has 194 valence electrons. The van der Waals surface area contributed by atoms with Gasteiger partial charge in [0, 0.05) is 24.9 Å². The average molecular weight is 504 g/mol. The molecule has 0 spiro atoms. The number of benzene rings is 1. The summed E-state index contributed by atoms with van der Waals surface area (Å²) in [6, 6.07) is 11.6. The van der Waals surface area contributed by atoms with Crippen LogP contribution in [0.15, 0.2) is 41.1 Å². The molecule has 0 fully saturated rings. The minimum atomic E-state index is -1.83. The van der Waals surface area contributed by atoms with Crippen molar-refractivity contribution in [1.82, 2.24) is 4.90 Å². The first kappa shape index (κ1) is 27.4. The third-order valence-electron chi connectivity index (χ3n) is 6.40. The van der Waals surface area contributed by atoms with E-state index in [1.165, 1.54) is 4.90 Å². The number of hydrogen-bond donors (Lipinski definition) is 1. The second kappa shape index (κ2) is 10.8. The number of carbonyl (C=O) groups is 1. The number of nitriles is 3. The predicted molar refractivity (Wildman–Crippen MR) is 136 cm³/mol. The van der Waals surface area contributed by atoms with Crippen molar-refractivity contribution < 1.29 is 19.0 Å². The largest absolute Gasteiger partial charge is 0.490 e. The van der Waals surface area contributed by atoms with E-state index in [4.69, 9.17) is 19.9 Å². The standard InChI is InChI=1S/C28H33N5O4/c1-6-12-36-22-9-8-18(13-23(22)35-7-2)24-21-15-33(26(34)37-27(3,4)5)11-10-19(21)20(14-29)25(32)28(24,16-30)17-31/h8-10,13,21,24H,6-7,11-12,15,32H2,1-5H3/t21-,24+/m0/s1. The first-order chi connectivity index (χ1) is 17.6. The van der Waals surface area contributed by atoms with Gasteiger partial charge in [0.1, 0.15) is 11.7 Å². The molecule has 1 aliphatic carbocycles. The molecule has 3 rings (SSSR count). The first-order valence-corrected chi connectivity index (χ1v) is 12.4. The fourth-order valence-electron chi connectivity index (χ4n) is 4.85. The van der Waals surface area contributed by atoms with Gasteiger partial charge in [-0.3, -0.25) is 0 Å². The van der Waals surface area contributed by atoms with E-state index in [0.717, 1.165) is 6.42 Å². The van der Waals surface area contributed by atoms with Crippen LogP contribution in [0.4, 0.5) is 4.79 Å². The molecule has 1 aromatic carbocycles. The molecule has 2 aliphatic rings. The van der Waals surface area contributed by atoms with Crippen molar-refractivity contribution in [3.8, 4) is 29.7 Å². The number of nitrogens with two attached hydrogens (primary N) is 1. The van der Waals surface area contributed by atoms with E-state index in [0.29, 0.717) is 35.8 Å². The van der Waals surface area contributed by atoms with Crippen LogP contribution >= 0.6 is 0 Å². The summed E-state index contributed by atoms with van der Waals surface area (Å²) in [5.41, 5.74) is 5.15. The highest BCUT2D eigenvalue weighted by molar-refractivity contribution is 5.70. The van der Waals surface area contributed by atoms with E-state index in [1.807, 2.05) is 13.8 Å². The molecule has 0 radical (unpaired) electrons. The third-order valence-corrected chi connectivity index (χ3v) is 6.40. The van der Waals surface area contributed by atoms with E-state index in [2.05, 4.69) is 18.2 Å². The van der Waals surface area contributed by atoms with E-state index in [1.54, 1.807) is 45.0 Å². The zero-order valence-corrected chi connectivity index (χ0v) is 22.0. The van der Waals surface area contributed by atoms with Crippen LogP contribution in [0.2, 0.25) is 0 Å². The van der Waals surface area contributed by atoms with Crippen LogP contribution in [-0.2, 0) is 4.74 Å². The fraction of sp³-hybridized carbons (Fsp3) is 0.500. The lowest BCUT2D eigenvalue weighted by molar-refractivity contribution is 0.0224. The summed E-state index contributed by atoms with van der Waals surface area (Å²) in [6.07, 6.45) is 2.06. The van der Waals surface area contributed by atoms with Crippen molar-refractivity contribution in [1.29, 1.82) is 15.8 Å². The van der Waals surface area contributed by atoms with E-state index < -0.39 is 28.9 Å². The molecule has 0 bridgehead atoms. The lowest BCUT2D eigenvalue weighted by Gasteiger charge is -2.45. The van der Waals surface area contributed by atoms with E-state index in [9.17, 15) is 20.6 Å². The number of ether oxygens (including phenoxy) is 3. The maximum Gasteiger partial charge on any atom is 0.410 e. The van der Waals surface area contributed by atoms with Crippen molar-refractivity contribution >= 4 is 6.09 Å². The maximum absolute atomic E-state index is 12.9. The van der Waals surface area contributed by atoms with Crippen LogP contribution in [0.5, 0.6) is 11.5 Å². The zero-order chi connectivity index (χ0) is 27.4. The number of carbonyl (C=O) groups excluding carboxylic acids is 1. The highest BCUT2D eigenvalue weighted by atomic mass is 16.6. The van der Waals surface area contributed by atoms with E-state index in [-0.39, 0.29) is 24.4 Å². The molecular formula is C28H33N5O4. The van der Waals surface area contributed by atoms with Gasteiger partial charge in [0.2, 0.25) is 0 Å². The Balaban J connectivity index is 2.20. The van der Waals surface area contributed by atoms with Crippen LogP contribution in [0.1, 0.15) is 52.5 Å². The maximum atomic E-state index is 12.9. The minimum Gasteiger partial charge on any atom is -0.490 e. The van der Waals surface area contributed by atoms with Crippen molar-refractivity contribution in [3.05, 3.63) is 46.7 Å². The molecule has 1 amide bonds. The number of hydrogen-bond acceptors (Lipinski definition) is 8. The molecule has 1 aliphatic heterocycles. The second-order valence-corrected chi connectivity index (χ2v) is 10.0. The van der Waals surface area contributed by atoms with Crippen LogP contribution in [0.25, 0.3) is 0 Å². The van der Waals surface area contributed by atoms with Crippen LogP contribution in [0, 0.1) is 45.3 Å². The topological polar surface area (TPSA) is 145 Å². The molecule has 9 heteroatoms. The Labute approximate surface area is 218 Å². The molecular weight excluding hydrogens is 470 g/mol. The smallest absolute Gasteiger partial charge is 0.410 e. The Morgan fingerprint density at radius 3 is 2.43 bits per heavy atom. The number of amides is 1. The molecule has 1 heterocycles. The normalized spacial score (nSPS) is 20.5. The molecule has 1 aromatic rings. The van der Waals surface area contributed by atoms with Gasteiger partial charge in [0.05, 0.1) is 36.6 Å². The van der Waals surface area contributed by atoms with E-state index >= 15 is 0 Å². The SMILES string of the molecule is CCCOc1ccc([C@@H]2[C@H]3CN(C(=O)OC(C)(C)C)CC=C3C(C#N)=C(N)C2(C#N)C#N)cc1OCC. The van der Waals surface area contributed by atoms with Gasteiger partial charge in [-0.15, -0.1) is 0 Å². The Bertz CT molecular complexity index is 1220. The summed E-state index contributed by atoms with van der Waals surface area (Å²) in [5.74, 6) is -0.300. The summed E-state index contributed by atoms with van der Waals surface area (Å²) >= 11 is 0. The fourth-order valence-corrected chi connectivity index (χ4v) is 4.85. The third kappa shape index (κ3) is 5.20. The highest BCUT2D eigenvalue weighted by Crippen LogP contribution is 2.55. The van der Waals surface area contributed by atoms with Gasteiger partial charge in [0.15, 0.2) is 16.9 Å². The van der Waals surface area contributed by atoms with Gasteiger partial charge in [0.25, 0.3) is 0 Å². The van der Waals surface area contributed by atoms with Crippen molar-refractivity contribution in [2.45, 2.75) is 52.6 Å². The van der Waals surface area contributed by atoms with Crippen LogP contribution in [-0.4, -0.2) is 42.9 Å². The lowest BCUT2D eigenvalue weighted by atomic mass is 9.58.